The van der Waals surface area contributed by atoms with Gasteiger partial charge < -0.3 is 20.2 Å². The van der Waals surface area contributed by atoms with Crippen molar-refractivity contribution < 1.29 is 5.11 Å². The van der Waals surface area contributed by atoms with Crippen molar-refractivity contribution in [2.75, 3.05) is 24.6 Å². The fourth-order valence-corrected chi connectivity index (χ4v) is 2.84. The topological polar surface area (TPSA) is 87.6 Å². The van der Waals surface area contributed by atoms with Gasteiger partial charge in [-0.2, -0.15) is 4.98 Å². The smallest absolute Gasteiger partial charge is 0.350 e. The molecule has 0 radical (unpaired) electrons. The third-order valence-electron chi connectivity index (χ3n) is 4.13. The van der Waals surface area contributed by atoms with E-state index in [-0.39, 0.29) is 30.2 Å². The monoisotopic (exact) mass is 314 g/mol. The molecule has 1 aliphatic rings. The summed E-state index contributed by atoms with van der Waals surface area (Å²) in [6.07, 6.45) is 0. The summed E-state index contributed by atoms with van der Waals surface area (Å²) in [6.45, 7) is 10.3. The Kier molecular flexibility index (Phi) is 3.98. The molecule has 23 heavy (non-hydrogen) atoms. The first-order valence-electron chi connectivity index (χ1n) is 7.41. The van der Waals surface area contributed by atoms with Crippen LogP contribution < -0.4 is 15.9 Å². The number of aryl methyl sites for hydroxylation is 1. The maximum absolute atomic E-state index is 12.2. The van der Waals surface area contributed by atoms with E-state index in [0.29, 0.717) is 29.9 Å². The molecule has 120 valence electrons. The lowest BCUT2D eigenvalue weighted by molar-refractivity contribution is 0.236. The van der Waals surface area contributed by atoms with Crippen LogP contribution in [-0.2, 0) is 7.05 Å². The molecule has 0 aliphatic carbocycles. The van der Waals surface area contributed by atoms with E-state index in [1.165, 1.54) is 4.57 Å². The van der Waals surface area contributed by atoms with Gasteiger partial charge in [0.1, 0.15) is 0 Å². The van der Waals surface area contributed by atoms with Gasteiger partial charge in [0.25, 0.3) is 5.82 Å². The van der Waals surface area contributed by atoms with E-state index in [1.807, 2.05) is 11.8 Å². The van der Waals surface area contributed by atoms with Crippen LogP contribution in [0.15, 0.2) is 16.9 Å². The number of pyridine rings is 1. The molecule has 0 bridgehead atoms. The molecule has 2 atom stereocenters. The molecular formula is C15H18N6O2. The average molecular weight is 314 g/mol. The summed E-state index contributed by atoms with van der Waals surface area (Å²) in [6, 6.07) is 3.31. The Bertz CT molecular complexity index is 840. The minimum atomic E-state index is -0.382. The Morgan fingerprint density at radius 3 is 2.96 bits per heavy atom. The van der Waals surface area contributed by atoms with Crippen LogP contribution in [0.2, 0.25) is 0 Å². The van der Waals surface area contributed by atoms with Gasteiger partial charge in [0.15, 0.2) is 5.82 Å². The standard InChI is InChI=1S/C15H18N6O2/c1-9-7-21(10(8-22)6-17-9)14-13-11(20(3)15(23)19-14)4-5-12(16-2)18-13/h4-5,9-10,17,22H,6-8H2,1,3H3/t9-,10-/m1/s1. The summed E-state index contributed by atoms with van der Waals surface area (Å²) < 4.78 is 1.42. The highest BCUT2D eigenvalue weighted by Crippen LogP contribution is 2.26. The van der Waals surface area contributed by atoms with Gasteiger partial charge in [0.2, 0.25) is 5.52 Å². The zero-order chi connectivity index (χ0) is 16.6. The van der Waals surface area contributed by atoms with Crippen LogP contribution in [0.25, 0.3) is 15.9 Å². The lowest BCUT2D eigenvalue weighted by Gasteiger charge is -2.39. The van der Waals surface area contributed by atoms with Crippen molar-refractivity contribution in [3.63, 3.8) is 0 Å². The first-order chi connectivity index (χ1) is 11.0. The first kappa shape index (κ1) is 15.4. The van der Waals surface area contributed by atoms with E-state index >= 15 is 0 Å². The number of nitrogens with one attached hydrogen (secondary N) is 1. The van der Waals surface area contributed by atoms with E-state index in [1.54, 1.807) is 19.2 Å². The first-order valence-corrected chi connectivity index (χ1v) is 7.41. The fraction of sp³-hybridized carbons (Fsp3) is 0.467. The number of anilines is 1. The number of piperazine rings is 1. The highest BCUT2D eigenvalue weighted by Gasteiger charge is 2.30. The number of rotatable bonds is 2. The molecule has 2 N–H and O–H groups in total. The number of aliphatic hydroxyl groups is 1. The highest BCUT2D eigenvalue weighted by molar-refractivity contribution is 5.87. The van der Waals surface area contributed by atoms with Crippen molar-refractivity contribution in [2.24, 2.45) is 7.05 Å². The Morgan fingerprint density at radius 1 is 1.48 bits per heavy atom. The van der Waals surface area contributed by atoms with Crippen molar-refractivity contribution in [3.8, 4) is 0 Å². The number of nitrogens with zero attached hydrogens (tertiary/aromatic N) is 5. The van der Waals surface area contributed by atoms with Crippen LogP contribution in [0.5, 0.6) is 0 Å². The zero-order valence-corrected chi connectivity index (χ0v) is 13.0. The van der Waals surface area contributed by atoms with Crippen LogP contribution in [0.1, 0.15) is 6.92 Å². The van der Waals surface area contributed by atoms with Crippen molar-refractivity contribution >= 4 is 22.7 Å². The normalized spacial score (nSPS) is 21.4. The minimum absolute atomic E-state index is 0.0549. The summed E-state index contributed by atoms with van der Waals surface area (Å²) in [7, 11) is 1.63. The average Bonchev–Trinajstić information content (AvgIpc) is 2.57. The molecule has 2 aromatic rings. The maximum atomic E-state index is 12.2. The Balaban J connectivity index is 2.25. The van der Waals surface area contributed by atoms with E-state index in [2.05, 4.69) is 20.1 Å². The predicted octanol–water partition coefficient (Wildman–Crippen LogP) is 0.0383. The molecule has 1 aliphatic heterocycles. The van der Waals surface area contributed by atoms with Gasteiger partial charge in [-0.05, 0) is 19.1 Å². The van der Waals surface area contributed by atoms with E-state index in [9.17, 15) is 9.90 Å². The summed E-state index contributed by atoms with van der Waals surface area (Å²) in [5.41, 5.74) is 0.746. The molecule has 3 heterocycles. The lowest BCUT2D eigenvalue weighted by Crippen LogP contribution is -2.57. The number of fused-ring (bicyclic) bond motifs is 1. The number of hydrogen-bond acceptors (Lipinski definition) is 6. The lowest BCUT2D eigenvalue weighted by atomic mass is 10.1. The summed E-state index contributed by atoms with van der Waals surface area (Å²) in [5, 5.41) is 12.9. The second-order valence-electron chi connectivity index (χ2n) is 5.72. The predicted molar refractivity (Wildman–Crippen MR) is 86.7 cm³/mol. The second-order valence-corrected chi connectivity index (χ2v) is 5.72. The highest BCUT2D eigenvalue weighted by atomic mass is 16.3. The van der Waals surface area contributed by atoms with Gasteiger partial charge >= 0.3 is 5.69 Å². The summed E-state index contributed by atoms with van der Waals surface area (Å²) in [4.78, 5) is 26.0. The Labute approximate surface area is 133 Å². The largest absolute Gasteiger partial charge is 0.394 e. The van der Waals surface area contributed by atoms with Gasteiger partial charge in [-0.25, -0.2) is 4.79 Å². The van der Waals surface area contributed by atoms with Crippen LogP contribution >= 0.6 is 0 Å². The summed E-state index contributed by atoms with van der Waals surface area (Å²) >= 11 is 0. The van der Waals surface area contributed by atoms with Crippen molar-refractivity contribution in [1.29, 1.82) is 0 Å². The third kappa shape index (κ3) is 2.65. The molecule has 8 nitrogen and oxygen atoms in total. The minimum Gasteiger partial charge on any atom is -0.394 e. The number of aromatic nitrogens is 3. The fourth-order valence-electron chi connectivity index (χ4n) is 2.84. The van der Waals surface area contributed by atoms with E-state index < -0.39 is 0 Å². The summed E-state index contributed by atoms with van der Waals surface area (Å²) in [5.74, 6) is 0.684. The molecule has 0 aromatic carbocycles. The van der Waals surface area contributed by atoms with Crippen LogP contribution in [0, 0.1) is 6.57 Å². The van der Waals surface area contributed by atoms with E-state index in [0.717, 1.165) is 0 Å². The molecular weight excluding hydrogens is 296 g/mol. The van der Waals surface area contributed by atoms with Gasteiger partial charge in [0, 0.05) is 26.2 Å². The maximum Gasteiger partial charge on any atom is 0.350 e. The third-order valence-corrected chi connectivity index (χ3v) is 4.13. The van der Waals surface area contributed by atoms with Gasteiger partial charge in [-0.15, -0.1) is 4.98 Å². The second kappa shape index (κ2) is 5.95. The molecule has 0 saturated carbocycles. The number of hydrogen-bond donors (Lipinski definition) is 2. The molecule has 0 spiro atoms. The van der Waals surface area contributed by atoms with Crippen molar-refractivity contribution in [1.82, 2.24) is 19.9 Å². The van der Waals surface area contributed by atoms with E-state index in [4.69, 9.17) is 6.57 Å². The SMILES string of the molecule is [C-]#[N+]c1ccc2c(n1)c(N1C[C@@H](C)NC[C@@H]1CO)nc(=O)n2C. The van der Waals surface area contributed by atoms with Crippen molar-refractivity contribution in [3.05, 3.63) is 34.0 Å². The van der Waals surface area contributed by atoms with Crippen LogP contribution in [0.3, 0.4) is 0 Å². The zero-order valence-electron chi connectivity index (χ0n) is 13.0. The van der Waals surface area contributed by atoms with Gasteiger partial charge in [-0.3, -0.25) is 4.57 Å². The quantitative estimate of drug-likeness (QED) is 0.761. The van der Waals surface area contributed by atoms with Crippen LogP contribution in [0.4, 0.5) is 11.6 Å². The Hall–Kier alpha value is -2.50. The van der Waals surface area contributed by atoms with Crippen molar-refractivity contribution in [2.45, 2.75) is 19.0 Å². The Morgan fingerprint density at radius 2 is 2.26 bits per heavy atom. The molecule has 3 rings (SSSR count). The van der Waals surface area contributed by atoms with Gasteiger partial charge in [-0.1, -0.05) is 6.57 Å². The van der Waals surface area contributed by atoms with Crippen LogP contribution in [-0.4, -0.2) is 51.4 Å². The molecule has 0 unspecified atom stereocenters. The van der Waals surface area contributed by atoms with Gasteiger partial charge in [0.05, 0.1) is 18.2 Å². The molecule has 2 aromatic heterocycles. The molecule has 8 heteroatoms. The molecule has 1 fully saturated rings. The molecule has 1 saturated heterocycles. The number of aliphatic hydroxyl groups excluding tert-OH is 1. The molecule has 0 amide bonds.